The first-order chi connectivity index (χ1) is 6.43. The van der Waals surface area contributed by atoms with E-state index in [1.807, 2.05) is 0 Å². The molecule has 0 spiro atoms. The van der Waals surface area contributed by atoms with Crippen LogP contribution in [0, 0.1) is 0 Å². The fourth-order valence-electron chi connectivity index (χ4n) is 0.952. The molecular weight excluding hydrogens is 268 g/mol. The van der Waals surface area contributed by atoms with Crippen LogP contribution in [0.25, 0.3) is 0 Å². The van der Waals surface area contributed by atoms with Crippen molar-refractivity contribution in [2.45, 2.75) is 4.90 Å². The Balaban J connectivity index is 3.11. The van der Waals surface area contributed by atoms with E-state index >= 15 is 0 Å². The lowest BCUT2D eigenvalue weighted by molar-refractivity contribution is 0.364. The molecule has 78 valence electrons. The van der Waals surface area contributed by atoms with Gasteiger partial charge in [0.15, 0.2) is 0 Å². The van der Waals surface area contributed by atoms with Gasteiger partial charge in [0, 0.05) is 18.6 Å². The highest BCUT2D eigenvalue weighted by Gasteiger charge is 2.16. The van der Waals surface area contributed by atoms with Gasteiger partial charge in [-0.15, -0.1) is 4.83 Å². The molecular formula is C8H11BrN2O2S. The summed E-state index contributed by atoms with van der Waals surface area (Å²) in [5, 5.41) is 1.38. The van der Waals surface area contributed by atoms with Gasteiger partial charge in [0.2, 0.25) is 0 Å². The summed E-state index contributed by atoms with van der Waals surface area (Å²) in [4.78, 5) is 2.58. The monoisotopic (exact) mass is 278 g/mol. The van der Waals surface area contributed by atoms with Crippen molar-refractivity contribution in [2.24, 2.45) is 0 Å². The highest BCUT2D eigenvalue weighted by molar-refractivity contribution is 9.10. The summed E-state index contributed by atoms with van der Waals surface area (Å²) in [6.07, 6.45) is 0. The van der Waals surface area contributed by atoms with Crippen LogP contribution in [0.3, 0.4) is 0 Å². The minimum absolute atomic E-state index is 0.230. The molecule has 0 aliphatic heterocycles. The molecule has 0 atom stereocenters. The summed E-state index contributed by atoms with van der Waals surface area (Å²) in [6, 6.07) is 6.66. The zero-order valence-electron chi connectivity index (χ0n) is 7.86. The Kier molecular flexibility index (Phi) is 3.65. The summed E-state index contributed by atoms with van der Waals surface area (Å²) in [7, 11) is -0.222. The van der Waals surface area contributed by atoms with Crippen LogP contribution in [0.2, 0.25) is 0 Å². The fourth-order valence-corrected chi connectivity index (χ4v) is 3.04. The van der Waals surface area contributed by atoms with Crippen LogP contribution < -0.4 is 4.83 Å². The average molecular weight is 279 g/mol. The second kappa shape index (κ2) is 4.39. The van der Waals surface area contributed by atoms with E-state index in [1.165, 1.54) is 11.1 Å². The van der Waals surface area contributed by atoms with Crippen molar-refractivity contribution in [1.29, 1.82) is 0 Å². The molecule has 0 saturated heterocycles. The number of nitrogens with one attached hydrogen (secondary N) is 1. The number of hydrogen-bond acceptors (Lipinski definition) is 3. The molecule has 0 unspecified atom stereocenters. The number of hydrazine groups is 1. The largest absolute Gasteiger partial charge is 0.254 e. The van der Waals surface area contributed by atoms with Crippen molar-refractivity contribution in [3.63, 3.8) is 0 Å². The lowest BCUT2D eigenvalue weighted by atomic mass is 10.4. The molecule has 0 heterocycles. The standard InChI is InChI=1S/C8H11BrN2O2S/c1-11(2)10-14(12,13)8-6-4-3-5-7(8)9/h3-6,10H,1-2H3. The molecule has 4 nitrogen and oxygen atoms in total. The Morgan fingerprint density at radius 1 is 1.29 bits per heavy atom. The Bertz CT molecular complexity index is 417. The van der Waals surface area contributed by atoms with Gasteiger partial charge in [-0.25, -0.2) is 13.4 Å². The normalized spacial score (nSPS) is 12.0. The van der Waals surface area contributed by atoms with Gasteiger partial charge in [-0.3, -0.25) is 0 Å². The highest BCUT2D eigenvalue weighted by Crippen LogP contribution is 2.20. The number of sulfonamides is 1. The van der Waals surface area contributed by atoms with Crippen LogP contribution in [0.1, 0.15) is 0 Å². The Hall–Kier alpha value is -0.430. The molecule has 1 aromatic carbocycles. The van der Waals surface area contributed by atoms with Crippen LogP contribution in [0.15, 0.2) is 33.6 Å². The van der Waals surface area contributed by atoms with E-state index in [4.69, 9.17) is 0 Å². The smallest absolute Gasteiger partial charge is 0.237 e. The highest BCUT2D eigenvalue weighted by atomic mass is 79.9. The SMILES string of the molecule is CN(C)NS(=O)(=O)c1ccccc1Br. The molecule has 0 bridgehead atoms. The van der Waals surface area contributed by atoms with Gasteiger partial charge in [-0.1, -0.05) is 12.1 Å². The molecule has 6 heteroatoms. The van der Waals surface area contributed by atoms with Crippen molar-refractivity contribution in [2.75, 3.05) is 14.1 Å². The van der Waals surface area contributed by atoms with Crippen LogP contribution in [-0.4, -0.2) is 27.5 Å². The second-order valence-electron chi connectivity index (χ2n) is 2.92. The van der Waals surface area contributed by atoms with Gasteiger partial charge in [-0.05, 0) is 28.1 Å². The van der Waals surface area contributed by atoms with Crippen molar-refractivity contribution in [3.8, 4) is 0 Å². The number of hydrogen-bond donors (Lipinski definition) is 1. The molecule has 0 saturated carbocycles. The zero-order valence-corrected chi connectivity index (χ0v) is 10.3. The molecule has 0 aliphatic rings. The Morgan fingerprint density at radius 3 is 2.36 bits per heavy atom. The maximum Gasteiger partial charge on any atom is 0.254 e. The number of nitrogens with zero attached hydrogens (tertiary/aromatic N) is 1. The first-order valence-electron chi connectivity index (χ1n) is 3.88. The first kappa shape index (κ1) is 11.6. The fraction of sp³-hybridized carbons (Fsp3) is 0.250. The van der Waals surface area contributed by atoms with Gasteiger partial charge in [0.25, 0.3) is 10.0 Å². The van der Waals surface area contributed by atoms with Crippen LogP contribution in [0.5, 0.6) is 0 Å². The maximum atomic E-state index is 11.7. The molecule has 1 N–H and O–H groups in total. The predicted octanol–water partition coefficient (Wildman–Crippen LogP) is 1.20. The number of halogens is 1. The van der Waals surface area contributed by atoms with E-state index in [2.05, 4.69) is 20.8 Å². The molecule has 0 radical (unpaired) electrons. The third-order valence-corrected chi connectivity index (χ3v) is 3.92. The molecule has 0 aromatic heterocycles. The van der Waals surface area contributed by atoms with E-state index in [0.717, 1.165) is 0 Å². The lowest BCUT2D eigenvalue weighted by Crippen LogP contribution is -2.36. The molecule has 1 aromatic rings. The van der Waals surface area contributed by atoms with Gasteiger partial charge in [-0.2, -0.15) is 0 Å². The van der Waals surface area contributed by atoms with E-state index < -0.39 is 10.0 Å². The quantitative estimate of drug-likeness (QED) is 0.846. The van der Waals surface area contributed by atoms with Crippen molar-refractivity contribution in [3.05, 3.63) is 28.7 Å². The third kappa shape index (κ3) is 2.78. The Morgan fingerprint density at radius 2 is 1.86 bits per heavy atom. The predicted molar refractivity (Wildman–Crippen MR) is 58.2 cm³/mol. The summed E-state index contributed by atoms with van der Waals surface area (Å²) < 4.78 is 23.9. The molecule has 0 aliphatic carbocycles. The number of rotatable bonds is 3. The second-order valence-corrected chi connectivity index (χ2v) is 5.40. The summed E-state index contributed by atoms with van der Waals surface area (Å²) in [5.74, 6) is 0. The lowest BCUT2D eigenvalue weighted by Gasteiger charge is -2.13. The minimum atomic E-state index is -3.46. The summed E-state index contributed by atoms with van der Waals surface area (Å²) in [5.41, 5.74) is 0. The van der Waals surface area contributed by atoms with Crippen molar-refractivity contribution >= 4 is 26.0 Å². The van der Waals surface area contributed by atoms with E-state index in [-0.39, 0.29) is 4.90 Å². The van der Waals surface area contributed by atoms with Gasteiger partial charge in [0.05, 0.1) is 4.90 Å². The molecule has 14 heavy (non-hydrogen) atoms. The maximum absolute atomic E-state index is 11.7. The van der Waals surface area contributed by atoms with Crippen molar-refractivity contribution < 1.29 is 8.42 Å². The van der Waals surface area contributed by atoms with Gasteiger partial charge < -0.3 is 0 Å². The van der Waals surface area contributed by atoms with E-state index in [1.54, 1.807) is 32.3 Å². The summed E-state index contributed by atoms with van der Waals surface area (Å²) >= 11 is 3.18. The molecule has 0 amide bonds. The van der Waals surface area contributed by atoms with Gasteiger partial charge >= 0.3 is 0 Å². The van der Waals surface area contributed by atoms with Crippen molar-refractivity contribution in [1.82, 2.24) is 9.84 Å². The van der Waals surface area contributed by atoms with Gasteiger partial charge in [0.1, 0.15) is 0 Å². The topological polar surface area (TPSA) is 49.4 Å². The first-order valence-corrected chi connectivity index (χ1v) is 6.15. The van der Waals surface area contributed by atoms with E-state index in [9.17, 15) is 8.42 Å². The molecule has 1 rings (SSSR count). The van der Waals surface area contributed by atoms with Crippen LogP contribution >= 0.6 is 15.9 Å². The zero-order chi connectivity index (χ0) is 10.8. The number of benzene rings is 1. The van der Waals surface area contributed by atoms with E-state index in [0.29, 0.717) is 4.47 Å². The Labute approximate surface area is 92.1 Å². The van der Waals surface area contributed by atoms with Crippen LogP contribution in [-0.2, 0) is 10.0 Å². The van der Waals surface area contributed by atoms with Crippen LogP contribution in [0.4, 0.5) is 0 Å². The average Bonchev–Trinajstić information content (AvgIpc) is 2.02. The minimum Gasteiger partial charge on any atom is -0.237 e. The summed E-state index contributed by atoms with van der Waals surface area (Å²) in [6.45, 7) is 0. The third-order valence-electron chi connectivity index (χ3n) is 1.43. The molecule has 0 fully saturated rings.